The van der Waals surface area contributed by atoms with E-state index in [4.69, 9.17) is 5.73 Å². The average Bonchev–Trinajstić information content (AvgIpc) is 2.87. The molecule has 94 valence electrons. The molecule has 0 aliphatic rings. The first-order valence-electron chi connectivity index (χ1n) is 6.12. The van der Waals surface area contributed by atoms with Gasteiger partial charge in [-0.25, -0.2) is 4.98 Å². The topological polar surface area (TPSA) is 59.1 Å². The second kappa shape index (κ2) is 4.40. The molecule has 0 unspecified atom stereocenters. The fourth-order valence-corrected chi connectivity index (χ4v) is 2.91. The smallest absolute Gasteiger partial charge is 0.213 e. The third kappa shape index (κ3) is 1.66. The Hall–Kier alpha value is -1.33. The van der Waals surface area contributed by atoms with Gasteiger partial charge in [0.1, 0.15) is 4.60 Å². The average molecular weight is 307 g/mol. The van der Waals surface area contributed by atoms with Gasteiger partial charge >= 0.3 is 0 Å². The van der Waals surface area contributed by atoms with E-state index in [1.807, 2.05) is 0 Å². The van der Waals surface area contributed by atoms with Gasteiger partial charge in [0.05, 0.1) is 16.7 Å². The molecule has 0 bridgehead atoms. The summed E-state index contributed by atoms with van der Waals surface area (Å²) in [5.41, 5.74) is 10.2. The molecule has 3 N–H and O–H groups in total. The maximum absolute atomic E-state index is 5.61. The number of rotatable bonds is 3. The Morgan fingerprint density at radius 2 is 2.28 bits per heavy atom. The van der Waals surface area contributed by atoms with Crippen LogP contribution >= 0.6 is 15.9 Å². The van der Waals surface area contributed by atoms with E-state index in [1.165, 1.54) is 5.56 Å². The molecule has 0 spiro atoms. The third-order valence-electron chi connectivity index (χ3n) is 3.23. The van der Waals surface area contributed by atoms with Crippen LogP contribution in [0.25, 0.3) is 16.8 Å². The number of halogens is 1. The number of aromatic nitrogens is 3. The Balaban J connectivity index is 2.31. The molecule has 18 heavy (non-hydrogen) atoms. The Bertz CT molecular complexity index is 710. The van der Waals surface area contributed by atoms with E-state index in [1.54, 1.807) is 0 Å². The van der Waals surface area contributed by atoms with Gasteiger partial charge in [0.25, 0.3) is 0 Å². The van der Waals surface area contributed by atoms with Gasteiger partial charge in [-0.05, 0) is 46.6 Å². The molecule has 0 aliphatic carbocycles. The number of nitrogens with two attached hydrogens (primary N) is 1. The van der Waals surface area contributed by atoms with Gasteiger partial charge in [-0.1, -0.05) is 13.0 Å². The third-order valence-corrected chi connectivity index (χ3v) is 4.06. The summed E-state index contributed by atoms with van der Waals surface area (Å²) in [5, 5.41) is 0. The highest BCUT2D eigenvalue weighted by molar-refractivity contribution is 9.10. The quantitative estimate of drug-likeness (QED) is 0.781. The molecule has 0 saturated heterocycles. The highest BCUT2D eigenvalue weighted by Gasteiger charge is 2.13. The minimum atomic E-state index is 0.625. The molecule has 4 nitrogen and oxygen atoms in total. The van der Waals surface area contributed by atoms with E-state index >= 15 is 0 Å². The molecule has 0 fully saturated rings. The molecule has 0 atom stereocenters. The summed E-state index contributed by atoms with van der Waals surface area (Å²) in [6.45, 7) is 2.78. The molecule has 0 amide bonds. The summed E-state index contributed by atoms with van der Waals surface area (Å²) in [5.74, 6) is 0.869. The van der Waals surface area contributed by atoms with E-state index in [-0.39, 0.29) is 0 Å². The van der Waals surface area contributed by atoms with Crippen LogP contribution in [0, 0.1) is 0 Å². The van der Waals surface area contributed by atoms with E-state index < -0.39 is 0 Å². The standard InChI is InChI=1S/C13H15BrN4/c1-2-8-3-4-9-11(7-8)18-12(14)10(5-6-15)17-13(18)16-9/h3-4,7H,2,5-6,15H2,1H3,(H,16,17). The zero-order valence-corrected chi connectivity index (χ0v) is 11.8. The number of aromatic amines is 1. The van der Waals surface area contributed by atoms with Gasteiger partial charge in [-0.2, -0.15) is 0 Å². The first-order valence-corrected chi connectivity index (χ1v) is 6.91. The van der Waals surface area contributed by atoms with Crippen LogP contribution in [0.15, 0.2) is 22.8 Å². The van der Waals surface area contributed by atoms with Crippen molar-refractivity contribution in [3.05, 3.63) is 34.1 Å². The lowest BCUT2D eigenvalue weighted by molar-refractivity contribution is 0.928. The van der Waals surface area contributed by atoms with Gasteiger partial charge in [0, 0.05) is 6.42 Å². The van der Waals surface area contributed by atoms with Crippen LogP contribution in [0.1, 0.15) is 18.2 Å². The number of hydrogen-bond donors (Lipinski definition) is 2. The van der Waals surface area contributed by atoms with Crippen molar-refractivity contribution in [2.24, 2.45) is 5.73 Å². The van der Waals surface area contributed by atoms with Crippen molar-refractivity contribution in [3.8, 4) is 0 Å². The van der Waals surface area contributed by atoms with Crippen molar-refractivity contribution in [2.45, 2.75) is 19.8 Å². The monoisotopic (exact) mass is 306 g/mol. The maximum atomic E-state index is 5.61. The fraction of sp³-hybridized carbons (Fsp3) is 0.308. The summed E-state index contributed by atoms with van der Waals surface area (Å²) in [4.78, 5) is 7.91. The van der Waals surface area contributed by atoms with Crippen LogP contribution in [0.4, 0.5) is 0 Å². The molecule has 2 aromatic heterocycles. The highest BCUT2D eigenvalue weighted by Crippen LogP contribution is 2.25. The molecule has 2 heterocycles. The molecule has 3 aromatic rings. The van der Waals surface area contributed by atoms with Crippen molar-refractivity contribution in [2.75, 3.05) is 6.54 Å². The molecule has 3 rings (SSSR count). The molecule has 5 heteroatoms. The summed E-state index contributed by atoms with van der Waals surface area (Å²) in [7, 11) is 0. The summed E-state index contributed by atoms with van der Waals surface area (Å²) < 4.78 is 3.14. The van der Waals surface area contributed by atoms with Gasteiger partial charge < -0.3 is 10.7 Å². The Morgan fingerprint density at radius 1 is 1.44 bits per heavy atom. The summed E-state index contributed by atoms with van der Waals surface area (Å²) in [6, 6.07) is 6.40. The molecule has 1 aromatic carbocycles. The number of benzene rings is 1. The number of imidazole rings is 2. The lowest BCUT2D eigenvalue weighted by atomic mass is 10.1. The molecule has 0 radical (unpaired) electrons. The summed E-state index contributed by atoms with van der Waals surface area (Å²) >= 11 is 3.64. The van der Waals surface area contributed by atoms with Crippen molar-refractivity contribution in [3.63, 3.8) is 0 Å². The fourth-order valence-electron chi connectivity index (χ4n) is 2.25. The Morgan fingerprint density at radius 3 is 3.00 bits per heavy atom. The van der Waals surface area contributed by atoms with Crippen molar-refractivity contribution in [1.82, 2.24) is 14.4 Å². The molecular formula is C13H15BrN4. The number of nitrogens with one attached hydrogen (secondary N) is 1. The first-order chi connectivity index (χ1) is 8.74. The van der Waals surface area contributed by atoms with E-state index in [2.05, 4.69) is 55.4 Å². The minimum absolute atomic E-state index is 0.625. The van der Waals surface area contributed by atoms with Gasteiger partial charge in [-0.15, -0.1) is 0 Å². The number of nitrogens with zero attached hydrogens (tertiary/aromatic N) is 2. The first kappa shape index (κ1) is 11.7. The number of aryl methyl sites for hydroxylation is 1. The van der Waals surface area contributed by atoms with Crippen molar-refractivity contribution < 1.29 is 0 Å². The number of H-pyrrole nitrogens is 1. The van der Waals surface area contributed by atoms with Crippen LogP contribution in [-0.4, -0.2) is 20.9 Å². The van der Waals surface area contributed by atoms with E-state index in [9.17, 15) is 0 Å². The van der Waals surface area contributed by atoms with Gasteiger partial charge in [-0.3, -0.25) is 4.40 Å². The molecular weight excluding hydrogens is 292 g/mol. The zero-order chi connectivity index (χ0) is 12.7. The van der Waals surface area contributed by atoms with Crippen LogP contribution < -0.4 is 5.73 Å². The predicted molar refractivity (Wildman–Crippen MR) is 76.9 cm³/mol. The number of fused-ring (bicyclic) bond motifs is 3. The Labute approximate surface area is 113 Å². The van der Waals surface area contributed by atoms with E-state index in [0.717, 1.165) is 39.9 Å². The predicted octanol–water partition coefficient (Wildman–Crippen LogP) is 2.64. The van der Waals surface area contributed by atoms with Gasteiger partial charge in [0.2, 0.25) is 5.78 Å². The maximum Gasteiger partial charge on any atom is 0.213 e. The van der Waals surface area contributed by atoms with Crippen molar-refractivity contribution >= 4 is 32.7 Å². The van der Waals surface area contributed by atoms with Crippen LogP contribution in [0.2, 0.25) is 0 Å². The van der Waals surface area contributed by atoms with Gasteiger partial charge in [0.15, 0.2) is 0 Å². The highest BCUT2D eigenvalue weighted by atomic mass is 79.9. The normalized spacial score (nSPS) is 11.7. The van der Waals surface area contributed by atoms with Crippen LogP contribution in [-0.2, 0) is 12.8 Å². The largest absolute Gasteiger partial charge is 0.330 e. The van der Waals surface area contributed by atoms with Crippen molar-refractivity contribution in [1.29, 1.82) is 0 Å². The Kier molecular flexibility index (Phi) is 2.87. The zero-order valence-electron chi connectivity index (χ0n) is 10.2. The summed E-state index contributed by atoms with van der Waals surface area (Å²) in [6.07, 6.45) is 1.85. The molecule has 0 aliphatic heterocycles. The SMILES string of the molecule is CCc1ccc2nc3[nH]c(CCN)c(Br)n3c2c1. The lowest BCUT2D eigenvalue weighted by Gasteiger charge is -1.99. The molecule has 0 saturated carbocycles. The second-order valence-corrected chi connectivity index (χ2v) is 5.13. The number of hydrogen-bond acceptors (Lipinski definition) is 2. The van der Waals surface area contributed by atoms with E-state index in [0.29, 0.717) is 6.54 Å². The van der Waals surface area contributed by atoms with Crippen LogP contribution in [0.3, 0.4) is 0 Å². The minimum Gasteiger partial charge on any atom is -0.330 e. The second-order valence-electron chi connectivity index (χ2n) is 4.38. The van der Waals surface area contributed by atoms with Crippen LogP contribution in [0.5, 0.6) is 0 Å². The lowest BCUT2D eigenvalue weighted by Crippen LogP contribution is -2.03.